The fourth-order valence-electron chi connectivity index (χ4n) is 6.33. The first-order chi connectivity index (χ1) is 12.5. The molecule has 2 nitrogen and oxygen atoms in total. The largest absolute Gasteiger partial charge is 0.359 e. The van der Waals surface area contributed by atoms with E-state index in [9.17, 15) is 8.78 Å². The molecule has 4 bridgehead atoms. The van der Waals surface area contributed by atoms with E-state index in [0.717, 1.165) is 36.7 Å². The summed E-state index contributed by atoms with van der Waals surface area (Å²) in [5.74, 6) is 1.47. The van der Waals surface area contributed by atoms with Crippen LogP contribution in [0.4, 0.5) is 14.5 Å². The summed E-state index contributed by atoms with van der Waals surface area (Å²) in [5.41, 5.74) is 0.572. The first kappa shape index (κ1) is 18.1. The van der Waals surface area contributed by atoms with Crippen LogP contribution in [0.25, 0.3) is 0 Å². The van der Waals surface area contributed by atoms with Crippen LogP contribution in [0.3, 0.4) is 0 Å². The van der Waals surface area contributed by atoms with Gasteiger partial charge in [0, 0.05) is 12.1 Å². The molecule has 4 aliphatic rings. The fraction of sp³-hybridized carbons (Fsp3) is 0.667. The third-order valence-corrected chi connectivity index (χ3v) is 7.11. The highest BCUT2D eigenvalue weighted by Crippen LogP contribution is 2.61. The molecule has 0 amide bonds. The predicted octanol–water partition coefficient (Wildman–Crippen LogP) is 5.64. The minimum Gasteiger partial charge on any atom is -0.359 e. The molecule has 0 aliphatic heterocycles. The first-order valence-electron chi connectivity index (χ1n) is 10.00. The van der Waals surface area contributed by atoms with E-state index in [-0.39, 0.29) is 5.69 Å². The lowest BCUT2D eigenvalue weighted by Gasteiger charge is -2.59. The summed E-state index contributed by atoms with van der Waals surface area (Å²) >= 11 is 5.49. The third kappa shape index (κ3) is 3.47. The van der Waals surface area contributed by atoms with E-state index in [1.165, 1.54) is 50.7 Å². The highest BCUT2D eigenvalue weighted by atomic mass is 32.1. The zero-order valence-electron chi connectivity index (χ0n) is 15.4. The van der Waals surface area contributed by atoms with Gasteiger partial charge >= 0.3 is 0 Å². The van der Waals surface area contributed by atoms with E-state index in [1.807, 2.05) is 0 Å². The van der Waals surface area contributed by atoms with Crippen molar-refractivity contribution in [3.63, 3.8) is 0 Å². The zero-order chi connectivity index (χ0) is 18.3. The smallest absolute Gasteiger partial charge is 0.171 e. The number of hydrogen-bond donors (Lipinski definition) is 2. The normalized spacial score (nSPS) is 33.1. The Morgan fingerprint density at radius 2 is 1.77 bits per heavy atom. The van der Waals surface area contributed by atoms with Crippen molar-refractivity contribution in [2.45, 2.75) is 64.3 Å². The van der Waals surface area contributed by atoms with Crippen LogP contribution in [0.2, 0.25) is 0 Å². The van der Waals surface area contributed by atoms with Crippen LogP contribution in [0.5, 0.6) is 0 Å². The molecule has 4 fully saturated rings. The Kier molecular flexibility index (Phi) is 4.93. The summed E-state index contributed by atoms with van der Waals surface area (Å²) < 4.78 is 27.0. The Hall–Kier alpha value is -1.23. The van der Waals surface area contributed by atoms with Gasteiger partial charge in [0.15, 0.2) is 5.11 Å². The average molecular weight is 379 g/mol. The van der Waals surface area contributed by atoms with Crippen molar-refractivity contribution in [2.24, 2.45) is 23.2 Å². The second kappa shape index (κ2) is 7.06. The second-order valence-corrected chi connectivity index (χ2v) is 9.25. The Morgan fingerprint density at radius 3 is 2.31 bits per heavy atom. The molecule has 0 aromatic heterocycles. The van der Waals surface area contributed by atoms with Gasteiger partial charge in [-0.3, -0.25) is 0 Å². The Balaban J connectivity index is 1.47. The molecular formula is C21H28F2N2S. The molecular weight excluding hydrogens is 350 g/mol. The van der Waals surface area contributed by atoms with Crippen LogP contribution in [0.1, 0.15) is 58.3 Å². The molecule has 1 atom stereocenters. The maximum atomic E-state index is 13.9. The van der Waals surface area contributed by atoms with Gasteiger partial charge in [-0.15, -0.1) is 0 Å². The van der Waals surface area contributed by atoms with Gasteiger partial charge in [-0.1, -0.05) is 13.3 Å². The SMILES string of the molecule is CCCC(NC(=S)Nc1ccc(F)cc1F)C12CC3CC(CC(C3)C1)C2. The number of nitrogens with one attached hydrogen (secondary N) is 2. The molecule has 4 aliphatic carbocycles. The van der Waals surface area contributed by atoms with Crippen LogP contribution in [0.15, 0.2) is 18.2 Å². The molecule has 0 spiro atoms. The number of thiocarbonyl (C=S) groups is 1. The Bertz CT molecular complexity index is 655. The Labute approximate surface area is 160 Å². The number of anilines is 1. The number of hydrogen-bond acceptors (Lipinski definition) is 1. The van der Waals surface area contributed by atoms with Crippen LogP contribution in [-0.4, -0.2) is 11.2 Å². The van der Waals surface area contributed by atoms with E-state index in [4.69, 9.17) is 12.2 Å². The van der Waals surface area contributed by atoms with Crippen LogP contribution >= 0.6 is 12.2 Å². The average Bonchev–Trinajstić information content (AvgIpc) is 2.56. The van der Waals surface area contributed by atoms with Crippen molar-refractivity contribution in [1.82, 2.24) is 5.32 Å². The van der Waals surface area contributed by atoms with Crippen molar-refractivity contribution in [3.05, 3.63) is 29.8 Å². The standard InChI is InChI=1S/C21H28F2N2S/c1-2-3-19(21-10-13-6-14(11-21)8-15(7-13)12-21)25-20(26)24-18-5-4-16(22)9-17(18)23/h4-5,9,13-15,19H,2-3,6-8,10-12H2,1H3,(H2,24,25,26). The number of halogens is 2. The zero-order valence-corrected chi connectivity index (χ0v) is 16.2. The lowest BCUT2D eigenvalue weighted by Crippen LogP contribution is -2.57. The van der Waals surface area contributed by atoms with E-state index < -0.39 is 11.6 Å². The van der Waals surface area contributed by atoms with Crippen molar-refractivity contribution in [2.75, 3.05) is 5.32 Å². The van der Waals surface area contributed by atoms with E-state index in [2.05, 4.69) is 17.6 Å². The highest BCUT2D eigenvalue weighted by Gasteiger charge is 2.54. The monoisotopic (exact) mass is 378 g/mol. The highest BCUT2D eigenvalue weighted by molar-refractivity contribution is 7.80. The molecule has 0 radical (unpaired) electrons. The van der Waals surface area contributed by atoms with Gasteiger partial charge in [-0.05, 0) is 92.5 Å². The minimum atomic E-state index is -0.615. The number of benzene rings is 1. The number of rotatable bonds is 5. The van der Waals surface area contributed by atoms with Gasteiger partial charge in [0.25, 0.3) is 0 Å². The quantitative estimate of drug-likeness (QED) is 0.649. The molecule has 4 saturated carbocycles. The van der Waals surface area contributed by atoms with Crippen molar-refractivity contribution in [1.29, 1.82) is 0 Å². The lowest BCUT2D eigenvalue weighted by molar-refractivity contribution is -0.0718. The van der Waals surface area contributed by atoms with E-state index in [0.29, 0.717) is 16.6 Å². The molecule has 2 N–H and O–H groups in total. The molecule has 5 heteroatoms. The van der Waals surface area contributed by atoms with E-state index >= 15 is 0 Å². The van der Waals surface area contributed by atoms with Crippen LogP contribution in [0, 0.1) is 34.8 Å². The fourth-order valence-corrected chi connectivity index (χ4v) is 6.58. The van der Waals surface area contributed by atoms with Gasteiger partial charge in [0.2, 0.25) is 0 Å². The second-order valence-electron chi connectivity index (χ2n) is 8.84. The van der Waals surface area contributed by atoms with Crippen LogP contribution < -0.4 is 10.6 Å². The van der Waals surface area contributed by atoms with Crippen LogP contribution in [-0.2, 0) is 0 Å². The van der Waals surface area contributed by atoms with Gasteiger partial charge in [0.1, 0.15) is 11.6 Å². The van der Waals surface area contributed by atoms with E-state index in [1.54, 1.807) is 0 Å². The Morgan fingerprint density at radius 1 is 1.15 bits per heavy atom. The third-order valence-electron chi connectivity index (χ3n) is 6.89. The summed E-state index contributed by atoms with van der Waals surface area (Å²) in [6.45, 7) is 2.21. The topological polar surface area (TPSA) is 24.1 Å². The molecule has 0 heterocycles. The van der Waals surface area contributed by atoms with Gasteiger partial charge in [-0.25, -0.2) is 8.78 Å². The maximum Gasteiger partial charge on any atom is 0.171 e. The van der Waals surface area contributed by atoms with Crippen molar-refractivity contribution < 1.29 is 8.78 Å². The maximum absolute atomic E-state index is 13.9. The molecule has 1 unspecified atom stereocenters. The van der Waals surface area contributed by atoms with Gasteiger partial charge < -0.3 is 10.6 Å². The summed E-state index contributed by atoms with van der Waals surface area (Å²) in [4.78, 5) is 0. The first-order valence-corrected chi connectivity index (χ1v) is 10.4. The van der Waals surface area contributed by atoms with Gasteiger partial charge in [0.05, 0.1) is 5.69 Å². The summed E-state index contributed by atoms with van der Waals surface area (Å²) in [7, 11) is 0. The summed E-state index contributed by atoms with van der Waals surface area (Å²) in [6, 6.07) is 3.87. The molecule has 26 heavy (non-hydrogen) atoms. The molecule has 0 saturated heterocycles. The lowest BCUT2D eigenvalue weighted by atomic mass is 9.47. The molecule has 1 aromatic rings. The van der Waals surface area contributed by atoms with Crippen molar-refractivity contribution in [3.8, 4) is 0 Å². The summed E-state index contributed by atoms with van der Waals surface area (Å²) in [5, 5.41) is 6.91. The molecule has 1 aromatic carbocycles. The molecule has 5 rings (SSSR count). The summed E-state index contributed by atoms with van der Waals surface area (Å²) in [6.07, 6.45) is 10.4. The van der Waals surface area contributed by atoms with Crippen molar-refractivity contribution >= 4 is 23.0 Å². The predicted molar refractivity (Wildman–Crippen MR) is 105 cm³/mol. The van der Waals surface area contributed by atoms with Gasteiger partial charge in [-0.2, -0.15) is 0 Å². The molecule has 142 valence electrons. The minimum absolute atomic E-state index is 0.227.